The second-order valence-corrected chi connectivity index (χ2v) is 5.83. The highest BCUT2D eigenvalue weighted by Crippen LogP contribution is 2.19. The second-order valence-electron chi connectivity index (χ2n) is 4.11. The van der Waals surface area contributed by atoms with Crippen molar-refractivity contribution in [2.45, 2.75) is 25.8 Å². The lowest BCUT2D eigenvalue weighted by Crippen LogP contribution is -2.25. The highest BCUT2D eigenvalue weighted by atomic mass is 35.5. The molecule has 0 aliphatic carbocycles. The molecule has 2 rings (SSSR count). The molecule has 90 valence electrons. The van der Waals surface area contributed by atoms with Crippen LogP contribution in [0.15, 0.2) is 30.5 Å². The summed E-state index contributed by atoms with van der Waals surface area (Å²) in [5, 5.41) is 1.88. The Bertz CT molecular complexity index is 496. The monoisotopic (exact) mass is 266 g/mol. The minimum atomic E-state index is 0.0924. The van der Waals surface area contributed by atoms with Crippen molar-refractivity contribution < 1.29 is 0 Å². The van der Waals surface area contributed by atoms with Crippen LogP contribution in [0.4, 0.5) is 0 Å². The van der Waals surface area contributed by atoms with Gasteiger partial charge in [0.05, 0.1) is 5.01 Å². The largest absolute Gasteiger partial charge is 0.327 e. The van der Waals surface area contributed by atoms with Crippen molar-refractivity contribution in [2.75, 3.05) is 0 Å². The van der Waals surface area contributed by atoms with Gasteiger partial charge < -0.3 is 5.73 Å². The van der Waals surface area contributed by atoms with Crippen molar-refractivity contribution in [3.8, 4) is 0 Å². The maximum absolute atomic E-state index is 6.14. The molecule has 2 nitrogen and oxygen atoms in total. The van der Waals surface area contributed by atoms with Crippen LogP contribution in [0.25, 0.3) is 0 Å². The molecule has 0 saturated carbocycles. The van der Waals surface area contributed by atoms with E-state index in [0.717, 1.165) is 28.4 Å². The Hall–Kier alpha value is -0.900. The van der Waals surface area contributed by atoms with Crippen LogP contribution < -0.4 is 5.73 Å². The molecule has 17 heavy (non-hydrogen) atoms. The van der Waals surface area contributed by atoms with E-state index in [-0.39, 0.29) is 6.04 Å². The van der Waals surface area contributed by atoms with Gasteiger partial charge in [-0.3, -0.25) is 0 Å². The first kappa shape index (κ1) is 12.6. The summed E-state index contributed by atoms with van der Waals surface area (Å²) in [5.74, 6) is 0. The van der Waals surface area contributed by atoms with Crippen molar-refractivity contribution >= 4 is 22.9 Å². The van der Waals surface area contributed by atoms with E-state index in [4.69, 9.17) is 17.3 Å². The fraction of sp³-hybridized carbons (Fsp3) is 0.308. The molecule has 0 fully saturated rings. The molecule has 0 aliphatic heterocycles. The molecule has 0 aliphatic rings. The summed E-state index contributed by atoms with van der Waals surface area (Å²) in [7, 11) is 0. The second kappa shape index (κ2) is 5.63. The zero-order valence-electron chi connectivity index (χ0n) is 9.69. The maximum atomic E-state index is 6.14. The lowest BCUT2D eigenvalue weighted by Gasteiger charge is -2.11. The quantitative estimate of drug-likeness (QED) is 0.923. The number of aromatic nitrogens is 1. The molecule has 2 aromatic rings. The third-order valence-electron chi connectivity index (χ3n) is 2.57. The number of nitrogens with zero attached hydrogens (tertiary/aromatic N) is 1. The van der Waals surface area contributed by atoms with E-state index in [1.54, 1.807) is 11.3 Å². The number of hydrogen-bond donors (Lipinski definition) is 1. The third-order valence-corrected chi connectivity index (χ3v) is 3.88. The molecule has 0 amide bonds. The van der Waals surface area contributed by atoms with Gasteiger partial charge in [0.1, 0.15) is 0 Å². The van der Waals surface area contributed by atoms with E-state index >= 15 is 0 Å². The van der Waals surface area contributed by atoms with E-state index in [0.29, 0.717) is 0 Å². The average Bonchev–Trinajstić information content (AvgIpc) is 2.67. The van der Waals surface area contributed by atoms with Gasteiger partial charge >= 0.3 is 0 Å². The number of halogens is 1. The summed E-state index contributed by atoms with van der Waals surface area (Å²) >= 11 is 7.82. The van der Waals surface area contributed by atoms with Crippen LogP contribution in [0, 0.1) is 6.92 Å². The number of nitrogens with two attached hydrogens (primary N) is 1. The first-order valence-electron chi connectivity index (χ1n) is 5.55. The van der Waals surface area contributed by atoms with Gasteiger partial charge in [-0.2, -0.15) is 0 Å². The molecule has 0 radical (unpaired) electrons. The Balaban J connectivity index is 1.98. The van der Waals surface area contributed by atoms with Crippen molar-refractivity contribution in [2.24, 2.45) is 5.73 Å². The van der Waals surface area contributed by atoms with Gasteiger partial charge in [0.25, 0.3) is 0 Å². The van der Waals surface area contributed by atoms with Crippen LogP contribution in [-0.2, 0) is 12.8 Å². The molecule has 1 atom stereocenters. The molecule has 1 heterocycles. The van der Waals surface area contributed by atoms with Crippen molar-refractivity contribution in [1.82, 2.24) is 4.98 Å². The van der Waals surface area contributed by atoms with Gasteiger partial charge in [-0.25, -0.2) is 4.98 Å². The predicted octanol–water partition coefficient (Wildman–Crippen LogP) is 3.22. The first-order valence-corrected chi connectivity index (χ1v) is 6.75. The van der Waals surface area contributed by atoms with Crippen LogP contribution in [0.5, 0.6) is 0 Å². The first-order chi connectivity index (χ1) is 8.15. The number of rotatable bonds is 4. The Morgan fingerprint density at radius 3 is 2.76 bits per heavy atom. The molecule has 1 aromatic heterocycles. The number of hydrogen-bond acceptors (Lipinski definition) is 3. The number of thiazole rings is 1. The van der Waals surface area contributed by atoms with E-state index in [2.05, 4.69) is 4.98 Å². The summed E-state index contributed by atoms with van der Waals surface area (Å²) in [6, 6.07) is 7.95. The minimum absolute atomic E-state index is 0.0924. The van der Waals surface area contributed by atoms with Gasteiger partial charge in [0, 0.05) is 22.1 Å². The summed E-state index contributed by atoms with van der Waals surface area (Å²) in [4.78, 5) is 5.47. The molecular formula is C13H15ClN2S. The van der Waals surface area contributed by atoms with E-state index in [1.807, 2.05) is 37.4 Å². The fourth-order valence-electron chi connectivity index (χ4n) is 1.78. The highest BCUT2D eigenvalue weighted by Gasteiger charge is 2.09. The van der Waals surface area contributed by atoms with Gasteiger partial charge in [0.15, 0.2) is 0 Å². The van der Waals surface area contributed by atoms with Crippen LogP contribution in [-0.4, -0.2) is 11.0 Å². The Kier molecular flexibility index (Phi) is 4.15. The average molecular weight is 267 g/mol. The normalized spacial score (nSPS) is 12.6. The van der Waals surface area contributed by atoms with Gasteiger partial charge in [-0.15, -0.1) is 11.3 Å². The molecule has 1 aromatic carbocycles. The van der Waals surface area contributed by atoms with Crippen molar-refractivity contribution in [3.63, 3.8) is 0 Å². The molecule has 4 heteroatoms. The lowest BCUT2D eigenvalue weighted by molar-refractivity contribution is 0.670. The van der Waals surface area contributed by atoms with Crippen LogP contribution >= 0.6 is 22.9 Å². The molecular weight excluding hydrogens is 252 g/mol. The number of aryl methyl sites for hydroxylation is 1. The molecule has 0 bridgehead atoms. The summed E-state index contributed by atoms with van der Waals surface area (Å²) < 4.78 is 0. The van der Waals surface area contributed by atoms with Crippen molar-refractivity contribution in [1.29, 1.82) is 0 Å². The maximum Gasteiger partial charge on any atom is 0.0896 e. The highest BCUT2D eigenvalue weighted by molar-refractivity contribution is 7.11. The number of benzene rings is 1. The Labute approximate surface area is 110 Å². The Morgan fingerprint density at radius 2 is 2.12 bits per heavy atom. The van der Waals surface area contributed by atoms with Gasteiger partial charge in [-0.05, 0) is 31.4 Å². The zero-order valence-corrected chi connectivity index (χ0v) is 11.3. The van der Waals surface area contributed by atoms with Crippen LogP contribution in [0.1, 0.15) is 15.4 Å². The standard InChI is InChI=1S/C13H15ClN2S/c1-9-16-8-12(17-9)7-11(15)6-10-4-2-3-5-13(10)14/h2-5,8,11H,6-7,15H2,1H3. The zero-order chi connectivity index (χ0) is 12.3. The van der Waals surface area contributed by atoms with Crippen LogP contribution in [0.3, 0.4) is 0 Å². The summed E-state index contributed by atoms with van der Waals surface area (Å²) in [6.45, 7) is 2.01. The molecule has 1 unspecified atom stereocenters. The van der Waals surface area contributed by atoms with Gasteiger partial charge in [-0.1, -0.05) is 29.8 Å². The summed E-state index contributed by atoms with van der Waals surface area (Å²) in [5.41, 5.74) is 7.25. The fourth-order valence-corrected chi connectivity index (χ4v) is 2.88. The minimum Gasteiger partial charge on any atom is -0.327 e. The van der Waals surface area contributed by atoms with E-state index in [9.17, 15) is 0 Å². The van der Waals surface area contributed by atoms with E-state index in [1.165, 1.54) is 4.88 Å². The van der Waals surface area contributed by atoms with Gasteiger partial charge in [0.2, 0.25) is 0 Å². The Morgan fingerprint density at radius 1 is 1.35 bits per heavy atom. The SMILES string of the molecule is Cc1ncc(CC(N)Cc2ccccc2Cl)s1. The smallest absolute Gasteiger partial charge is 0.0896 e. The molecule has 0 spiro atoms. The molecule has 2 N–H and O–H groups in total. The summed E-state index contributed by atoms with van der Waals surface area (Å²) in [6.07, 6.45) is 3.57. The van der Waals surface area contributed by atoms with Crippen molar-refractivity contribution in [3.05, 3.63) is 50.9 Å². The van der Waals surface area contributed by atoms with Crippen LogP contribution in [0.2, 0.25) is 5.02 Å². The topological polar surface area (TPSA) is 38.9 Å². The lowest BCUT2D eigenvalue weighted by atomic mass is 10.0. The molecule has 0 saturated heterocycles. The predicted molar refractivity (Wildman–Crippen MR) is 73.7 cm³/mol. The van der Waals surface area contributed by atoms with E-state index < -0.39 is 0 Å². The third kappa shape index (κ3) is 3.53.